The number of hydrogen-bond acceptors (Lipinski definition) is 12. The van der Waals surface area contributed by atoms with E-state index in [9.17, 15) is 58.2 Å². The van der Waals surface area contributed by atoms with Crippen molar-refractivity contribution in [1.82, 2.24) is 42.1 Å². The largest absolute Gasteiger partial charge is 0.481 e. The molecule has 0 spiro atoms. The van der Waals surface area contributed by atoms with Gasteiger partial charge in [-0.1, -0.05) is 55.4 Å². The van der Waals surface area contributed by atoms with E-state index in [1.54, 1.807) is 13.8 Å². The number of carbonyl (C=O) groups excluding carboxylic acids is 8. The van der Waals surface area contributed by atoms with E-state index < -0.39 is 120 Å². The first kappa shape index (κ1) is 60.9. The third kappa shape index (κ3) is 23.7. The van der Waals surface area contributed by atoms with Crippen molar-refractivity contribution in [1.29, 1.82) is 0 Å². The molecule has 1 saturated heterocycles. The number of carbonyl (C=O) groups is 10. The standard InChI is InChI=1S/C45H80N12O12/c1-23(2)18-30(39(63)51-27(9)44(68)69)54-38(62)29(14-15-36(59)60)52-35(58)22-50-42(66)34-13-11-17-57(34)43(67)33(21-26(7)8)56-41(65)32(20-25(5)6)55-40(64)31(19-24(3)4)53-37(61)28(46)12-10-16-49-45(47)48/h23-34H,10-22,46H2,1-9H3,(H,50,66)(H,51,63)(H,52,58)(H,53,61)(H,54,62)(H,55,64)(H,56,65)(H,59,60)(H,68,69)(H4,47,48,49)/t27-,28-,29-,30-,31-,32-,33-,34-/m0/s1. The number of carboxylic acid groups (broad SMARTS) is 2. The van der Waals surface area contributed by atoms with Crippen molar-refractivity contribution in [2.24, 2.45) is 45.9 Å². The molecule has 0 bridgehead atoms. The topological polar surface area (TPSA) is 389 Å². The van der Waals surface area contributed by atoms with E-state index in [-0.39, 0.29) is 87.7 Å². The van der Waals surface area contributed by atoms with Gasteiger partial charge in [-0.2, -0.15) is 0 Å². The summed E-state index contributed by atoms with van der Waals surface area (Å²) in [5.74, 6) is -8.71. The maximum Gasteiger partial charge on any atom is 0.325 e. The minimum absolute atomic E-state index is 0.0383. The summed E-state index contributed by atoms with van der Waals surface area (Å²) in [6.45, 7) is 15.7. The predicted octanol–water partition coefficient (Wildman–Crippen LogP) is -1.46. The molecule has 1 rings (SSSR count). The fraction of sp³-hybridized carbons (Fsp3) is 0.756. The van der Waals surface area contributed by atoms with Crippen LogP contribution in [-0.2, 0) is 47.9 Å². The Morgan fingerprint density at radius 2 is 1.06 bits per heavy atom. The first-order valence-corrected chi connectivity index (χ1v) is 23.8. The van der Waals surface area contributed by atoms with Crippen molar-refractivity contribution >= 4 is 65.2 Å². The molecule has 69 heavy (non-hydrogen) atoms. The van der Waals surface area contributed by atoms with E-state index in [1.807, 2.05) is 41.5 Å². The van der Waals surface area contributed by atoms with Gasteiger partial charge >= 0.3 is 11.9 Å². The fourth-order valence-electron chi connectivity index (χ4n) is 7.49. The number of likely N-dealkylation sites (tertiary alicyclic amines) is 1. The monoisotopic (exact) mass is 981 g/mol. The number of nitrogens with two attached hydrogens (primary N) is 3. The first-order valence-electron chi connectivity index (χ1n) is 23.8. The van der Waals surface area contributed by atoms with Gasteiger partial charge in [-0.05, 0) is 88.4 Å². The van der Waals surface area contributed by atoms with Crippen LogP contribution < -0.4 is 54.4 Å². The van der Waals surface area contributed by atoms with Gasteiger partial charge in [0.2, 0.25) is 47.3 Å². The molecule has 0 aromatic carbocycles. The zero-order chi connectivity index (χ0) is 52.7. The van der Waals surface area contributed by atoms with Gasteiger partial charge in [0.25, 0.3) is 0 Å². The van der Waals surface area contributed by atoms with Gasteiger partial charge in [-0.3, -0.25) is 52.9 Å². The smallest absolute Gasteiger partial charge is 0.325 e. The molecular weight excluding hydrogens is 901 g/mol. The summed E-state index contributed by atoms with van der Waals surface area (Å²) in [6.07, 6.45) is 1.06. The number of aliphatic imine (C=N–C) groups is 1. The number of nitrogens with zero attached hydrogens (tertiary/aromatic N) is 2. The molecule has 8 amide bonds. The molecule has 0 saturated carbocycles. The summed E-state index contributed by atoms with van der Waals surface area (Å²) in [5, 5.41) is 36.5. The Hall–Kier alpha value is -6.07. The molecule has 8 atom stereocenters. The normalized spacial score (nSPS) is 16.6. The summed E-state index contributed by atoms with van der Waals surface area (Å²) in [4.78, 5) is 136. The summed E-state index contributed by atoms with van der Waals surface area (Å²) in [7, 11) is 0. The Morgan fingerprint density at radius 3 is 1.52 bits per heavy atom. The Bertz CT molecular complexity index is 1810. The number of guanidine groups is 1. The Balaban J connectivity index is 3.18. The minimum atomic E-state index is -1.46. The maximum absolute atomic E-state index is 14.3. The third-order valence-corrected chi connectivity index (χ3v) is 10.9. The van der Waals surface area contributed by atoms with Crippen molar-refractivity contribution in [3.63, 3.8) is 0 Å². The molecule has 24 nitrogen and oxygen atoms in total. The highest BCUT2D eigenvalue weighted by molar-refractivity contribution is 5.97. The molecular formula is C45H80N12O12. The zero-order valence-corrected chi connectivity index (χ0v) is 41.7. The second-order valence-electron chi connectivity index (χ2n) is 19.3. The van der Waals surface area contributed by atoms with E-state index in [0.29, 0.717) is 12.8 Å². The number of rotatable bonds is 31. The second-order valence-corrected chi connectivity index (χ2v) is 19.3. The quantitative estimate of drug-likeness (QED) is 0.0215. The highest BCUT2D eigenvalue weighted by Crippen LogP contribution is 2.21. The highest BCUT2D eigenvalue weighted by atomic mass is 16.4. The molecule has 24 heteroatoms. The molecule has 0 aromatic heterocycles. The fourth-order valence-corrected chi connectivity index (χ4v) is 7.49. The van der Waals surface area contributed by atoms with Crippen LogP contribution in [0.15, 0.2) is 4.99 Å². The summed E-state index contributed by atoms with van der Waals surface area (Å²) in [5.41, 5.74) is 16.8. The molecule has 1 aliphatic rings. The van der Waals surface area contributed by atoms with Crippen molar-refractivity contribution in [3.8, 4) is 0 Å². The van der Waals surface area contributed by atoms with Gasteiger partial charge in [-0.25, -0.2) is 0 Å². The van der Waals surface area contributed by atoms with Crippen LogP contribution in [0.25, 0.3) is 0 Å². The minimum Gasteiger partial charge on any atom is -0.481 e. The van der Waals surface area contributed by atoms with Crippen LogP contribution in [0.3, 0.4) is 0 Å². The SMILES string of the molecule is CC(C)C[C@H](NC(=O)[C@H](CCC(=O)O)NC(=O)CNC(=O)[C@@H]1CCCN1C(=O)[C@H](CC(C)C)NC(=O)[C@H](CC(C)C)NC(=O)[C@H](CC(C)C)NC(=O)[C@@H](N)CCCN=C(N)N)C(=O)N[C@@H](C)C(=O)O. The van der Waals surface area contributed by atoms with Crippen molar-refractivity contribution in [2.75, 3.05) is 19.6 Å². The number of nitrogens with one attached hydrogen (secondary N) is 7. The van der Waals surface area contributed by atoms with E-state index >= 15 is 0 Å². The predicted molar refractivity (Wildman–Crippen MR) is 255 cm³/mol. The lowest BCUT2D eigenvalue weighted by atomic mass is 9.98. The Kier molecular flexibility index (Phi) is 26.9. The first-order chi connectivity index (χ1) is 32.1. The highest BCUT2D eigenvalue weighted by Gasteiger charge is 2.39. The van der Waals surface area contributed by atoms with Gasteiger partial charge in [0.1, 0.15) is 42.3 Å². The van der Waals surface area contributed by atoms with E-state index in [1.165, 1.54) is 11.8 Å². The van der Waals surface area contributed by atoms with Gasteiger partial charge in [0.15, 0.2) is 5.96 Å². The lowest BCUT2D eigenvalue weighted by Gasteiger charge is -2.31. The second kappa shape index (κ2) is 30.4. The summed E-state index contributed by atoms with van der Waals surface area (Å²) >= 11 is 0. The summed E-state index contributed by atoms with van der Waals surface area (Å²) < 4.78 is 0. The van der Waals surface area contributed by atoms with Crippen molar-refractivity contribution < 1.29 is 58.2 Å². The van der Waals surface area contributed by atoms with E-state index in [0.717, 1.165) is 0 Å². The Morgan fingerprint density at radius 1 is 0.609 bits per heavy atom. The number of aliphatic carboxylic acids is 2. The van der Waals surface area contributed by atoms with Crippen LogP contribution in [0.4, 0.5) is 0 Å². The zero-order valence-electron chi connectivity index (χ0n) is 41.7. The number of hydrogen-bond donors (Lipinski definition) is 12. The summed E-state index contributed by atoms with van der Waals surface area (Å²) in [6, 6.07) is -9.22. The lowest BCUT2D eigenvalue weighted by Crippen LogP contribution is -2.59. The van der Waals surface area contributed by atoms with Gasteiger partial charge in [0.05, 0.1) is 12.6 Å². The Labute approximate surface area is 405 Å². The van der Waals surface area contributed by atoms with Gasteiger partial charge < -0.3 is 69.5 Å². The number of amides is 8. The molecule has 0 aliphatic carbocycles. The van der Waals surface area contributed by atoms with Crippen LogP contribution in [-0.4, -0.2) is 148 Å². The lowest BCUT2D eigenvalue weighted by molar-refractivity contribution is -0.142. The molecule has 1 fully saturated rings. The molecule has 392 valence electrons. The van der Waals surface area contributed by atoms with Crippen LogP contribution in [0.1, 0.15) is 127 Å². The van der Waals surface area contributed by atoms with Crippen LogP contribution in [0.5, 0.6) is 0 Å². The molecule has 1 aliphatic heterocycles. The van der Waals surface area contributed by atoms with Crippen molar-refractivity contribution in [3.05, 3.63) is 0 Å². The molecule has 0 aromatic rings. The number of carboxylic acids is 2. The van der Waals surface area contributed by atoms with Crippen LogP contribution in [0.2, 0.25) is 0 Å². The maximum atomic E-state index is 14.3. The molecule has 0 radical (unpaired) electrons. The van der Waals surface area contributed by atoms with Gasteiger partial charge in [-0.15, -0.1) is 0 Å². The van der Waals surface area contributed by atoms with E-state index in [4.69, 9.17) is 17.2 Å². The van der Waals surface area contributed by atoms with Crippen LogP contribution >= 0.6 is 0 Å². The third-order valence-electron chi connectivity index (χ3n) is 10.9. The average molecular weight is 981 g/mol. The molecule has 1 heterocycles. The molecule has 0 unspecified atom stereocenters. The van der Waals surface area contributed by atoms with Gasteiger partial charge in [0, 0.05) is 19.5 Å². The molecule has 15 N–H and O–H groups in total. The average Bonchev–Trinajstić information content (AvgIpc) is 3.73. The van der Waals surface area contributed by atoms with Crippen LogP contribution in [0, 0.1) is 23.7 Å². The van der Waals surface area contributed by atoms with E-state index in [2.05, 4.69) is 42.2 Å². The van der Waals surface area contributed by atoms with Crippen molar-refractivity contribution in [2.45, 2.75) is 175 Å².